The van der Waals surface area contributed by atoms with Gasteiger partial charge in [-0.25, -0.2) is 9.59 Å². The van der Waals surface area contributed by atoms with Gasteiger partial charge in [-0.3, -0.25) is 0 Å². The van der Waals surface area contributed by atoms with Gasteiger partial charge in [-0.2, -0.15) is 11.8 Å². The van der Waals surface area contributed by atoms with E-state index in [9.17, 15) is 14.7 Å². The predicted octanol–water partition coefficient (Wildman–Crippen LogP) is 3.89. The molecule has 0 aliphatic carbocycles. The van der Waals surface area contributed by atoms with Crippen LogP contribution in [0.1, 0.15) is 5.56 Å². The lowest BCUT2D eigenvalue weighted by Gasteiger charge is -2.14. The predicted molar refractivity (Wildman–Crippen MR) is 106 cm³/mol. The summed E-state index contributed by atoms with van der Waals surface area (Å²) < 4.78 is 5.07. The van der Waals surface area contributed by atoms with Gasteiger partial charge >= 0.3 is 12.1 Å². The number of aliphatic carboxylic acids is 1. The molecule has 0 saturated heterocycles. The molecule has 26 heavy (non-hydrogen) atoms. The fraction of sp³-hybridized carbons (Fsp3) is 0.263. The topological polar surface area (TPSA) is 75.6 Å². The van der Waals surface area contributed by atoms with Gasteiger partial charge in [-0.1, -0.05) is 48.5 Å². The fourth-order valence-corrected chi connectivity index (χ4v) is 4.04. The van der Waals surface area contributed by atoms with E-state index < -0.39 is 18.1 Å². The molecule has 138 valence electrons. The number of benzene rings is 2. The number of carboxylic acid groups (broad SMARTS) is 1. The third-order valence-corrected chi connectivity index (χ3v) is 5.66. The minimum absolute atomic E-state index is 0.111. The van der Waals surface area contributed by atoms with Gasteiger partial charge in [0.05, 0.1) is 0 Å². The lowest BCUT2D eigenvalue weighted by atomic mass is 10.2. The number of nitrogens with one attached hydrogen (secondary N) is 1. The maximum atomic E-state index is 11.8. The molecule has 7 heteroatoms. The molecule has 0 saturated carbocycles. The third-order valence-electron chi connectivity index (χ3n) is 3.33. The molecule has 0 spiro atoms. The Morgan fingerprint density at radius 1 is 1.00 bits per heavy atom. The van der Waals surface area contributed by atoms with Gasteiger partial charge in [0.1, 0.15) is 12.6 Å². The van der Waals surface area contributed by atoms with Gasteiger partial charge in [0.15, 0.2) is 0 Å². The van der Waals surface area contributed by atoms with E-state index in [1.54, 1.807) is 11.8 Å². The highest BCUT2D eigenvalue weighted by Crippen LogP contribution is 2.18. The van der Waals surface area contributed by atoms with Gasteiger partial charge in [-0.15, -0.1) is 11.8 Å². The monoisotopic (exact) mass is 391 g/mol. The lowest BCUT2D eigenvalue weighted by Crippen LogP contribution is -2.42. The molecular formula is C19H21NO4S2. The van der Waals surface area contributed by atoms with E-state index >= 15 is 0 Å². The molecular weight excluding hydrogens is 370 g/mol. The van der Waals surface area contributed by atoms with E-state index in [-0.39, 0.29) is 6.61 Å². The smallest absolute Gasteiger partial charge is 0.408 e. The quantitative estimate of drug-likeness (QED) is 0.473. The molecule has 1 atom stereocenters. The summed E-state index contributed by atoms with van der Waals surface area (Å²) in [6.07, 6.45) is -0.722. The van der Waals surface area contributed by atoms with Crippen molar-refractivity contribution in [1.29, 1.82) is 0 Å². The van der Waals surface area contributed by atoms with Crippen LogP contribution in [0.15, 0.2) is 65.6 Å². The molecule has 5 nitrogen and oxygen atoms in total. The number of carbonyl (C=O) groups excluding carboxylic acids is 1. The maximum Gasteiger partial charge on any atom is 0.408 e. The Hall–Kier alpha value is -2.12. The number of thioether (sulfide) groups is 2. The molecule has 0 bridgehead atoms. The first-order valence-corrected chi connectivity index (χ1v) is 10.2. The highest BCUT2D eigenvalue weighted by molar-refractivity contribution is 8.03. The van der Waals surface area contributed by atoms with E-state index in [0.717, 1.165) is 17.1 Å². The van der Waals surface area contributed by atoms with Crippen LogP contribution in [0.5, 0.6) is 0 Å². The number of ether oxygens (including phenoxy) is 1. The van der Waals surface area contributed by atoms with Crippen LogP contribution in [0, 0.1) is 0 Å². The van der Waals surface area contributed by atoms with Crippen molar-refractivity contribution in [2.45, 2.75) is 17.5 Å². The molecule has 2 aromatic rings. The molecule has 1 unspecified atom stereocenters. The van der Waals surface area contributed by atoms with Crippen LogP contribution < -0.4 is 5.32 Å². The molecule has 0 radical (unpaired) electrons. The summed E-state index contributed by atoms with van der Waals surface area (Å²) >= 11 is 3.21. The number of carboxylic acids is 1. The molecule has 2 rings (SSSR count). The Kier molecular flexibility index (Phi) is 8.92. The zero-order valence-corrected chi connectivity index (χ0v) is 15.8. The summed E-state index contributed by atoms with van der Waals surface area (Å²) in [4.78, 5) is 24.3. The third kappa shape index (κ3) is 7.84. The van der Waals surface area contributed by atoms with E-state index in [2.05, 4.69) is 5.32 Å². The molecule has 2 aromatic carbocycles. The standard InChI is InChI=1S/C19H21NO4S2/c21-18(22)17(14-25-11-12-26-16-9-5-2-6-10-16)20-19(23)24-13-15-7-3-1-4-8-15/h1-10,17H,11-14H2,(H,20,23)(H,21,22). The van der Waals surface area contributed by atoms with E-state index in [1.165, 1.54) is 16.7 Å². The summed E-state index contributed by atoms with van der Waals surface area (Å²) in [6.45, 7) is 0.111. The van der Waals surface area contributed by atoms with E-state index in [4.69, 9.17) is 4.74 Å². The lowest BCUT2D eigenvalue weighted by molar-refractivity contribution is -0.138. The summed E-state index contributed by atoms with van der Waals surface area (Å²) in [5.74, 6) is 0.902. The van der Waals surface area contributed by atoms with Gasteiger partial charge in [0.2, 0.25) is 0 Å². The Labute approximate surface area is 161 Å². The van der Waals surface area contributed by atoms with E-state index in [0.29, 0.717) is 5.75 Å². The summed E-state index contributed by atoms with van der Waals surface area (Å²) in [5.41, 5.74) is 0.849. The first-order valence-electron chi connectivity index (χ1n) is 8.11. The number of amides is 1. The number of hydrogen-bond donors (Lipinski definition) is 2. The van der Waals surface area contributed by atoms with Crippen molar-refractivity contribution in [3.05, 3.63) is 66.2 Å². The molecule has 0 aliphatic rings. The average molecular weight is 392 g/mol. The Morgan fingerprint density at radius 2 is 1.65 bits per heavy atom. The molecule has 2 N–H and O–H groups in total. The van der Waals surface area contributed by atoms with Gasteiger partial charge in [0, 0.05) is 22.2 Å². The van der Waals surface area contributed by atoms with Gasteiger partial charge < -0.3 is 15.2 Å². The minimum atomic E-state index is -1.06. The van der Waals surface area contributed by atoms with Crippen LogP contribution >= 0.6 is 23.5 Å². The van der Waals surface area contributed by atoms with Gasteiger partial charge in [0.25, 0.3) is 0 Å². The van der Waals surface area contributed by atoms with Crippen LogP contribution in [0.2, 0.25) is 0 Å². The summed E-state index contributed by atoms with van der Waals surface area (Å²) in [7, 11) is 0. The van der Waals surface area contributed by atoms with Gasteiger partial charge in [-0.05, 0) is 17.7 Å². The van der Waals surface area contributed by atoms with Crippen molar-refractivity contribution < 1.29 is 19.4 Å². The second-order valence-electron chi connectivity index (χ2n) is 5.33. The second kappa shape index (κ2) is 11.5. The Bertz CT molecular complexity index is 682. The first-order chi connectivity index (χ1) is 12.6. The Balaban J connectivity index is 1.65. The molecule has 1 amide bonds. The number of alkyl carbamates (subject to hydrolysis) is 1. The SMILES string of the molecule is O=C(NC(CSCCSc1ccccc1)C(=O)O)OCc1ccccc1. The maximum absolute atomic E-state index is 11.8. The van der Waals surface area contributed by atoms with Crippen molar-refractivity contribution in [1.82, 2.24) is 5.32 Å². The van der Waals surface area contributed by atoms with Crippen molar-refractivity contribution in [3.63, 3.8) is 0 Å². The highest BCUT2D eigenvalue weighted by atomic mass is 32.2. The molecule has 0 fully saturated rings. The van der Waals surface area contributed by atoms with Crippen LogP contribution in [-0.4, -0.2) is 40.5 Å². The van der Waals surface area contributed by atoms with Crippen molar-refractivity contribution in [2.24, 2.45) is 0 Å². The zero-order valence-electron chi connectivity index (χ0n) is 14.2. The summed E-state index contributed by atoms with van der Waals surface area (Å²) in [6, 6.07) is 18.3. The highest BCUT2D eigenvalue weighted by Gasteiger charge is 2.20. The molecule has 0 heterocycles. The Morgan fingerprint density at radius 3 is 2.31 bits per heavy atom. The largest absolute Gasteiger partial charge is 0.480 e. The number of hydrogen-bond acceptors (Lipinski definition) is 5. The average Bonchev–Trinajstić information content (AvgIpc) is 2.66. The van der Waals surface area contributed by atoms with Crippen LogP contribution in [0.25, 0.3) is 0 Å². The van der Waals surface area contributed by atoms with Crippen LogP contribution in [-0.2, 0) is 16.1 Å². The molecule has 0 aliphatic heterocycles. The molecule has 0 aromatic heterocycles. The van der Waals surface area contributed by atoms with E-state index in [1.807, 2.05) is 60.7 Å². The fourth-order valence-electron chi connectivity index (χ4n) is 2.02. The van der Waals surface area contributed by atoms with Crippen molar-refractivity contribution >= 4 is 35.6 Å². The van der Waals surface area contributed by atoms with Crippen LogP contribution in [0.3, 0.4) is 0 Å². The zero-order chi connectivity index (χ0) is 18.6. The minimum Gasteiger partial charge on any atom is -0.480 e. The normalized spacial score (nSPS) is 11.5. The van der Waals surface area contributed by atoms with Crippen molar-refractivity contribution in [2.75, 3.05) is 17.3 Å². The van der Waals surface area contributed by atoms with Crippen LogP contribution in [0.4, 0.5) is 4.79 Å². The number of rotatable bonds is 10. The number of carbonyl (C=O) groups is 2. The summed E-state index contributed by atoms with van der Waals surface area (Å²) in [5, 5.41) is 11.7. The first kappa shape index (κ1) is 20.2. The van der Waals surface area contributed by atoms with Crippen molar-refractivity contribution in [3.8, 4) is 0 Å². The second-order valence-corrected chi connectivity index (χ2v) is 7.65.